The minimum atomic E-state index is -4.41. The lowest BCUT2D eigenvalue weighted by molar-refractivity contribution is -0.137. The van der Waals surface area contributed by atoms with Gasteiger partial charge in [0.05, 0.1) is 64.1 Å². The lowest BCUT2D eigenvalue weighted by atomic mass is 9.94. The summed E-state index contributed by atoms with van der Waals surface area (Å²) in [5.74, 6) is 0.513. The van der Waals surface area contributed by atoms with E-state index in [9.17, 15) is 13.2 Å². The summed E-state index contributed by atoms with van der Waals surface area (Å²) in [6.07, 6.45) is 0.473. The van der Waals surface area contributed by atoms with Gasteiger partial charge in [0.15, 0.2) is 0 Å². The number of nitrogens with one attached hydrogen (secondary N) is 1. The highest BCUT2D eigenvalue weighted by molar-refractivity contribution is 5.84. The zero-order valence-corrected chi connectivity index (χ0v) is 20.5. The molecule has 6 nitrogen and oxygen atoms in total. The van der Waals surface area contributed by atoms with E-state index < -0.39 is 11.7 Å². The van der Waals surface area contributed by atoms with Crippen molar-refractivity contribution < 1.29 is 17.9 Å². The molecule has 0 spiro atoms. The van der Waals surface area contributed by atoms with Crippen molar-refractivity contribution in [2.24, 2.45) is 4.99 Å². The highest BCUT2D eigenvalue weighted by atomic mass is 19.4. The van der Waals surface area contributed by atoms with Gasteiger partial charge in [-0.2, -0.15) is 13.2 Å². The van der Waals surface area contributed by atoms with Crippen molar-refractivity contribution in [2.75, 3.05) is 12.4 Å². The molecular weight excluding hydrogens is 491 g/mol. The minimum absolute atomic E-state index is 0.231. The molecule has 6 rings (SSSR count). The van der Waals surface area contributed by atoms with Gasteiger partial charge in [-0.15, -0.1) is 0 Å². The predicted molar refractivity (Wildman–Crippen MR) is 140 cm³/mol. The van der Waals surface area contributed by atoms with Crippen molar-refractivity contribution in [1.82, 2.24) is 14.5 Å². The average Bonchev–Trinajstić information content (AvgIpc) is 2.89. The van der Waals surface area contributed by atoms with E-state index in [-0.39, 0.29) is 6.04 Å². The van der Waals surface area contributed by atoms with Gasteiger partial charge in [-0.3, -0.25) is 4.99 Å². The number of benzene rings is 3. The Labute approximate surface area is 216 Å². The molecule has 2 aromatic carbocycles. The van der Waals surface area contributed by atoms with E-state index >= 15 is 0 Å². The summed E-state index contributed by atoms with van der Waals surface area (Å²) >= 11 is 0. The summed E-state index contributed by atoms with van der Waals surface area (Å²) in [7, 11) is 1.57. The topological polar surface area (TPSA) is 64.3 Å². The van der Waals surface area contributed by atoms with Gasteiger partial charge in [-0.25, -0.2) is 9.97 Å². The van der Waals surface area contributed by atoms with Crippen LogP contribution in [0, 0.1) is 0 Å². The number of aromatic nitrogens is 3. The highest BCUT2D eigenvalue weighted by Crippen LogP contribution is 2.33. The second-order valence-electron chi connectivity index (χ2n) is 9.27. The van der Waals surface area contributed by atoms with Gasteiger partial charge in [-0.1, -0.05) is 12.1 Å². The number of rotatable bonds is 5. The van der Waals surface area contributed by atoms with Crippen LogP contribution in [0.5, 0.6) is 5.88 Å². The van der Waals surface area contributed by atoms with Crippen molar-refractivity contribution in [3.63, 3.8) is 0 Å². The molecule has 0 saturated heterocycles. The zero-order chi connectivity index (χ0) is 26.3. The lowest BCUT2D eigenvalue weighted by Crippen LogP contribution is -2.22. The molecule has 1 fully saturated rings. The molecule has 192 valence electrons. The van der Waals surface area contributed by atoms with Gasteiger partial charge < -0.3 is 14.6 Å². The van der Waals surface area contributed by atoms with Gasteiger partial charge in [-0.05, 0) is 73.9 Å². The Bertz CT molecular complexity index is 1640. The molecule has 0 unspecified atom stereocenters. The number of hydrogen-bond donors (Lipinski definition) is 1. The second-order valence-corrected chi connectivity index (χ2v) is 9.27. The predicted octanol–water partition coefficient (Wildman–Crippen LogP) is 6.75. The molecule has 0 atom stereocenters. The zero-order valence-electron chi connectivity index (χ0n) is 20.5. The standard InChI is InChI=1S/C29H24F3N5O/c1-38-28-14-11-20(17-33-28)35-23-15-25-27(16-24(23)34-19-5-4-6-19)37(26-8-3-2-7-22(26)36-25)21-12-9-18(10-13-21)29(30,31)32/h2-3,7-17,19,35H,4-6H2,1H3. The summed E-state index contributed by atoms with van der Waals surface area (Å²) in [4.78, 5) is 14.2. The third kappa shape index (κ3) is 4.55. The van der Waals surface area contributed by atoms with Crippen molar-refractivity contribution in [3.05, 3.63) is 89.9 Å². The van der Waals surface area contributed by atoms with Crippen LogP contribution in [0.1, 0.15) is 24.8 Å². The van der Waals surface area contributed by atoms with E-state index in [1.807, 2.05) is 47.0 Å². The van der Waals surface area contributed by atoms with Gasteiger partial charge in [0.1, 0.15) is 0 Å². The first-order chi connectivity index (χ1) is 18.4. The Morgan fingerprint density at radius 2 is 1.79 bits per heavy atom. The first kappa shape index (κ1) is 24.0. The largest absolute Gasteiger partial charge is 0.481 e. The summed E-state index contributed by atoms with van der Waals surface area (Å²) in [6.45, 7) is 0. The van der Waals surface area contributed by atoms with Gasteiger partial charge in [0.2, 0.25) is 5.88 Å². The van der Waals surface area contributed by atoms with E-state index in [1.54, 1.807) is 19.4 Å². The average molecular weight is 516 g/mol. The van der Waals surface area contributed by atoms with Crippen LogP contribution in [0.3, 0.4) is 0 Å². The van der Waals surface area contributed by atoms with E-state index in [1.165, 1.54) is 12.1 Å². The summed E-state index contributed by atoms with van der Waals surface area (Å²) < 4.78 is 46.9. The molecule has 1 aliphatic heterocycles. The fourth-order valence-electron chi connectivity index (χ4n) is 4.57. The Balaban J connectivity index is 1.56. The van der Waals surface area contributed by atoms with Crippen LogP contribution in [-0.2, 0) is 6.18 Å². The fourth-order valence-corrected chi connectivity index (χ4v) is 4.57. The summed E-state index contributed by atoms with van der Waals surface area (Å²) in [5, 5.41) is 4.17. The molecule has 0 radical (unpaired) electrons. The Hall–Kier alpha value is -4.40. The molecule has 3 aromatic rings. The smallest absolute Gasteiger partial charge is 0.416 e. The van der Waals surface area contributed by atoms with E-state index in [2.05, 4.69) is 10.3 Å². The number of methoxy groups -OCH3 is 1. The molecule has 2 aliphatic carbocycles. The molecule has 0 bridgehead atoms. The van der Waals surface area contributed by atoms with Crippen LogP contribution < -0.4 is 15.4 Å². The molecule has 38 heavy (non-hydrogen) atoms. The van der Waals surface area contributed by atoms with Crippen molar-refractivity contribution in [2.45, 2.75) is 31.5 Å². The van der Waals surface area contributed by atoms with Gasteiger partial charge in [0, 0.05) is 11.8 Å². The molecule has 1 aromatic heterocycles. The molecule has 0 amide bonds. The minimum Gasteiger partial charge on any atom is -0.481 e. The summed E-state index contributed by atoms with van der Waals surface area (Å²) in [5.41, 5.74) is 4.40. The Morgan fingerprint density at radius 3 is 2.45 bits per heavy atom. The van der Waals surface area contributed by atoms with E-state index in [4.69, 9.17) is 14.7 Å². The fraction of sp³-hybridized carbons (Fsp3) is 0.207. The Kier molecular flexibility index (Phi) is 5.98. The lowest BCUT2D eigenvalue weighted by Gasteiger charge is -2.23. The van der Waals surface area contributed by atoms with Crippen molar-refractivity contribution in [1.29, 1.82) is 0 Å². The van der Waals surface area contributed by atoms with Crippen LogP contribution in [0.2, 0.25) is 0 Å². The molecule has 3 aliphatic rings. The Morgan fingerprint density at radius 1 is 1.00 bits per heavy atom. The quantitative estimate of drug-likeness (QED) is 0.263. The maximum atomic E-state index is 13.3. The maximum absolute atomic E-state index is 13.3. The second kappa shape index (κ2) is 9.48. The summed E-state index contributed by atoms with van der Waals surface area (Å²) in [6, 6.07) is 20.6. The monoisotopic (exact) mass is 515 g/mol. The number of ether oxygens (including phenoxy) is 1. The molecule has 1 saturated carbocycles. The highest BCUT2D eigenvalue weighted by Gasteiger charge is 2.30. The SMILES string of the molecule is COc1ccc(Nc2cc3nc4ccccc4n(-c4ccc(C(F)(F)F)cc4)c-3cc2=NC2CCC2)cn1. The van der Waals surface area contributed by atoms with Crippen LogP contribution in [-0.4, -0.2) is 27.7 Å². The van der Waals surface area contributed by atoms with Gasteiger partial charge >= 0.3 is 6.18 Å². The number of anilines is 2. The first-order valence-electron chi connectivity index (χ1n) is 12.3. The first-order valence-corrected chi connectivity index (χ1v) is 12.3. The van der Waals surface area contributed by atoms with Crippen molar-refractivity contribution >= 4 is 22.4 Å². The molecular formula is C29H24F3N5O. The number of alkyl halides is 3. The van der Waals surface area contributed by atoms with Crippen LogP contribution in [0.15, 0.2) is 84.0 Å². The third-order valence-electron chi connectivity index (χ3n) is 6.77. The number of pyridine rings is 1. The van der Waals surface area contributed by atoms with Crippen LogP contribution in [0.4, 0.5) is 24.5 Å². The van der Waals surface area contributed by atoms with Crippen molar-refractivity contribution in [3.8, 4) is 23.0 Å². The van der Waals surface area contributed by atoms with Crippen LogP contribution in [0.25, 0.3) is 28.1 Å². The maximum Gasteiger partial charge on any atom is 0.416 e. The van der Waals surface area contributed by atoms with E-state index in [0.29, 0.717) is 17.3 Å². The number of halogens is 3. The number of nitrogens with zero attached hydrogens (tertiary/aromatic N) is 4. The number of hydrogen-bond acceptors (Lipinski definition) is 5. The third-order valence-corrected chi connectivity index (χ3v) is 6.77. The number of fused-ring (bicyclic) bond motifs is 2. The normalized spacial score (nSPS) is 14.6. The number of para-hydroxylation sites is 2. The van der Waals surface area contributed by atoms with Crippen LogP contribution >= 0.6 is 0 Å². The van der Waals surface area contributed by atoms with E-state index in [0.717, 1.165) is 64.9 Å². The van der Waals surface area contributed by atoms with Gasteiger partial charge in [0.25, 0.3) is 0 Å². The molecule has 2 heterocycles. The molecule has 1 N–H and O–H groups in total. The molecule has 9 heteroatoms.